The molecule has 1 unspecified atom stereocenters. The van der Waals surface area contributed by atoms with E-state index in [1.165, 1.54) is 0 Å². The van der Waals surface area contributed by atoms with Crippen LogP contribution in [-0.4, -0.2) is 38.4 Å². The second kappa shape index (κ2) is 5.92. The van der Waals surface area contributed by atoms with E-state index >= 15 is 0 Å². The maximum Gasteiger partial charge on any atom is 0.223 e. The van der Waals surface area contributed by atoms with Crippen molar-refractivity contribution >= 4 is 0 Å². The van der Waals surface area contributed by atoms with E-state index < -0.39 is 12.2 Å². The number of benzene rings is 1. The lowest BCUT2D eigenvalue weighted by Gasteiger charge is -2.15. The van der Waals surface area contributed by atoms with Crippen molar-refractivity contribution in [1.29, 1.82) is 0 Å². The highest BCUT2D eigenvalue weighted by Gasteiger charge is 2.16. The van der Waals surface area contributed by atoms with Crippen LogP contribution in [0.2, 0.25) is 0 Å². The minimum absolute atomic E-state index is 0.274. The van der Waals surface area contributed by atoms with E-state index in [2.05, 4.69) is 10.1 Å². The van der Waals surface area contributed by atoms with E-state index in [1.54, 1.807) is 6.92 Å². The molecule has 0 bridgehead atoms. The smallest absolute Gasteiger partial charge is 0.223 e. The monoisotopic (exact) mass is 264 g/mol. The van der Waals surface area contributed by atoms with E-state index in [-0.39, 0.29) is 6.61 Å². The molecule has 1 heterocycles. The topological polar surface area (TPSA) is 99.6 Å². The Morgan fingerprint density at radius 3 is 2.37 bits per heavy atom. The lowest BCUT2D eigenvalue weighted by Crippen LogP contribution is -2.25. The summed E-state index contributed by atoms with van der Waals surface area (Å²) in [5.74, 6) is 0.436. The molecule has 6 heteroatoms. The zero-order valence-corrected chi connectivity index (χ0v) is 10.5. The first-order valence-electron chi connectivity index (χ1n) is 5.96. The van der Waals surface area contributed by atoms with Gasteiger partial charge in [0.25, 0.3) is 0 Å². The lowest BCUT2D eigenvalue weighted by molar-refractivity contribution is -0.0959. The van der Waals surface area contributed by atoms with Gasteiger partial charge in [0, 0.05) is 18.4 Å². The predicted molar refractivity (Wildman–Crippen MR) is 67.0 cm³/mol. The molecule has 0 fully saturated rings. The molecule has 1 aromatic heterocycles. The maximum absolute atomic E-state index is 9.07. The van der Waals surface area contributed by atoms with Gasteiger partial charge in [-0.2, -0.15) is 4.98 Å². The molecule has 0 aliphatic rings. The van der Waals surface area contributed by atoms with Crippen LogP contribution >= 0.6 is 0 Å². The second-order valence-electron chi connectivity index (χ2n) is 4.39. The van der Waals surface area contributed by atoms with Crippen LogP contribution in [0.15, 0.2) is 28.8 Å². The fraction of sp³-hybridized carbons (Fsp3) is 0.385. The van der Waals surface area contributed by atoms with Crippen molar-refractivity contribution in [2.24, 2.45) is 5.92 Å². The third-order valence-electron chi connectivity index (χ3n) is 2.89. The summed E-state index contributed by atoms with van der Waals surface area (Å²) in [7, 11) is 0. The summed E-state index contributed by atoms with van der Waals surface area (Å²) >= 11 is 0. The number of aliphatic hydroxyl groups excluding tert-OH is 2. The van der Waals surface area contributed by atoms with Gasteiger partial charge < -0.3 is 19.8 Å². The summed E-state index contributed by atoms with van der Waals surface area (Å²) in [6, 6.07) is 7.34. The second-order valence-corrected chi connectivity index (χ2v) is 4.39. The van der Waals surface area contributed by atoms with Crippen molar-refractivity contribution < 1.29 is 19.8 Å². The van der Waals surface area contributed by atoms with Gasteiger partial charge >= 0.3 is 0 Å². The first-order chi connectivity index (χ1) is 9.10. The van der Waals surface area contributed by atoms with Crippen LogP contribution in [-0.2, 0) is 6.42 Å². The van der Waals surface area contributed by atoms with Gasteiger partial charge in [-0.25, -0.2) is 0 Å². The van der Waals surface area contributed by atoms with Crippen LogP contribution in [0.1, 0.15) is 11.5 Å². The van der Waals surface area contributed by atoms with Crippen LogP contribution in [0.5, 0.6) is 0 Å². The summed E-state index contributed by atoms with van der Waals surface area (Å²) in [5, 5.41) is 31.0. The molecular weight excluding hydrogens is 248 g/mol. The number of hydrogen-bond donors (Lipinski definition) is 3. The van der Waals surface area contributed by atoms with Gasteiger partial charge in [-0.1, -0.05) is 29.4 Å². The zero-order valence-electron chi connectivity index (χ0n) is 10.5. The average Bonchev–Trinajstić information content (AvgIpc) is 2.83. The van der Waals surface area contributed by atoms with Crippen LogP contribution in [0.4, 0.5) is 0 Å². The largest absolute Gasteiger partial charge is 0.396 e. The summed E-state index contributed by atoms with van der Waals surface area (Å²) in [6.07, 6.45) is -1.13. The summed E-state index contributed by atoms with van der Waals surface area (Å²) in [5.41, 5.74) is 1.72. The molecule has 102 valence electrons. The highest BCUT2D eigenvalue weighted by molar-refractivity contribution is 5.54. The third-order valence-corrected chi connectivity index (χ3v) is 2.89. The number of nitrogens with zero attached hydrogens (tertiary/aromatic N) is 2. The van der Waals surface area contributed by atoms with Gasteiger partial charge in [-0.05, 0) is 12.0 Å². The molecule has 0 amide bonds. The number of aryl methyl sites for hydroxylation is 1. The van der Waals surface area contributed by atoms with E-state index in [0.717, 1.165) is 11.1 Å². The summed E-state index contributed by atoms with van der Waals surface area (Å²) < 4.78 is 4.90. The molecular formula is C13H16N2O4. The van der Waals surface area contributed by atoms with E-state index in [9.17, 15) is 0 Å². The van der Waals surface area contributed by atoms with E-state index in [1.807, 2.05) is 24.3 Å². The van der Waals surface area contributed by atoms with E-state index in [4.69, 9.17) is 19.8 Å². The molecule has 0 saturated carbocycles. The highest BCUT2D eigenvalue weighted by Crippen LogP contribution is 2.18. The van der Waals surface area contributed by atoms with Gasteiger partial charge in [-0.15, -0.1) is 0 Å². The number of aliphatic hydroxyl groups is 3. The number of hydrogen-bond acceptors (Lipinski definition) is 6. The fourth-order valence-electron chi connectivity index (χ4n) is 1.77. The van der Waals surface area contributed by atoms with Crippen molar-refractivity contribution in [2.45, 2.75) is 19.6 Å². The molecule has 2 rings (SSSR count). The quantitative estimate of drug-likeness (QED) is 0.680. The Morgan fingerprint density at radius 2 is 1.89 bits per heavy atom. The highest BCUT2D eigenvalue weighted by atomic mass is 16.5. The standard InChI is InChI=1S/C13H16N2O4/c1-8-14-12(15-19-8)10-4-2-9(3-5-10)6-11(7-16)13(17)18/h2-5,11,13,16-18H,6-7H2,1H3. The average molecular weight is 264 g/mol. The minimum atomic E-state index is -1.52. The first-order valence-corrected chi connectivity index (χ1v) is 5.96. The van der Waals surface area contributed by atoms with Crippen LogP contribution in [0.3, 0.4) is 0 Å². The van der Waals surface area contributed by atoms with Gasteiger partial charge in [0.05, 0.1) is 6.61 Å². The van der Waals surface area contributed by atoms with Crippen molar-refractivity contribution in [1.82, 2.24) is 10.1 Å². The first kappa shape index (κ1) is 13.7. The third kappa shape index (κ3) is 3.37. The predicted octanol–water partition coefficient (Wildman–Crippen LogP) is 0.507. The molecule has 19 heavy (non-hydrogen) atoms. The van der Waals surface area contributed by atoms with Crippen molar-refractivity contribution in [3.05, 3.63) is 35.7 Å². The molecule has 2 aromatic rings. The van der Waals surface area contributed by atoms with Gasteiger partial charge in [0.2, 0.25) is 11.7 Å². The molecule has 1 aromatic carbocycles. The SMILES string of the molecule is Cc1nc(-c2ccc(CC(CO)C(O)O)cc2)no1. The Kier molecular flexibility index (Phi) is 4.26. The fourth-order valence-corrected chi connectivity index (χ4v) is 1.77. The zero-order chi connectivity index (χ0) is 13.8. The Morgan fingerprint density at radius 1 is 1.21 bits per heavy atom. The Labute approximate surface area is 110 Å². The Balaban J connectivity index is 2.10. The van der Waals surface area contributed by atoms with Crippen LogP contribution < -0.4 is 0 Å². The maximum atomic E-state index is 9.07. The Bertz CT molecular complexity index is 522. The molecule has 6 nitrogen and oxygen atoms in total. The lowest BCUT2D eigenvalue weighted by atomic mass is 9.98. The molecule has 0 aliphatic heterocycles. The molecule has 0 radical (unpaired) electrons. The molecule has 3 N–H and O–H groups in total. The molecule has 0 saturated heterocycles. The normalized spacial score (nSPS) is 12.9. The van der Waals surface area contributed by atoms with Crippen LogP contribution in [0, 0.1) is 12.8 Å². The molecule has 1 atom stereocenters. The summed E-state index contributed by atoms with van der Waals surface area (Å²) in [4.78, 5) is 4.12. The van der Waals surface area contributed by atoms with Gasteiger partial charge in [0.15, 0.2) is 6.29 Å². The van der Waals surface area contributed by atoms with Crippen LogP contribution in [0.25, 0.3) is 11.4 Å². The number of aromatic nitrogens is 2. The summed E-state index contributed by atoms with van der Waals surface area (Å²) in [6.45, 7) is 1.45. The van der Waals surface area contributed by atoms with E-state index in [0.29, 0.717) is 18.1 Å². The van der Waals surface area contributed by atoms with Gasteiger partial charge in [0.1, 0.15) is 0 Å². The van der Waals surface area contributed by atoms with Crippen molar-refractivity contribution in [3.63, 3.8) is 0 Å². The van der Waals surface area contributed by atoms with Gasteiger partial charge in [-0.3, -0.25) is 0 Å². The Hall–Kier alpha value is -1.76. The minimum Gasteiger partial charge on any atom is -0.396 e. The number of rotatable bonds is 5. The molecule has 0 spiro atoms. The van der Waals surface area contributed by atoms with Crippen molar-refractivity contribution in [3.8, 4) is 11.4 Å². The van der Waals surface area contributed by atoms with Crippen molar-refractivity contribution in [2.75, 3.05) is 6.61 Å². The molecule has 0 aliphatic carbocycles.